The number of nitrogens with zero attached hydrogens (tertiary/aromatic N) is 1. The first-order valence-electron chi connectivity index (χ1n) is 4.34. The summed E-state index contributed by atoms with van der Waals surface area (Å²) in [5.74, 6) is 0. The number of hydrogen-bond donors (Lipinski definition) is 1. The van der Waals surface area contributed by atoms with Crippen LogP contribution < -0.4 is 0 Å². The van der Waals surface area contributed by atoms with Crippen LogP contribution in [0.3, 0.4) is 0 Å². The quantitative estimate of drug-likeness (QED) is 0.805. The van der Waals surface area contributed by atoms with Gasteiger partial charge in [0.1, 0.15) is 0 Å². The summed E-state index contributed by atoms with van der Waals surface area (Å²) >= 11 is 0. The highest BCUT2D eigenvalue weighted by atomic mass is 19.4. The molecule has 1 rings (SSSR count). The average Bonchev–Trinajstić information content (AvgIpc) is 2.49. The van der Waals surface area contributed by atoms with Crippen molar-refractivity contribution in [1.29, 1.82) is 0 Å². The molecule has 0 aromatic carbocycles. The predicted molar refractivity (Wildman–Crippen MR) is 45.6 cm³/mol. The second-order valence-corrected chi connectivity index (χ2v) is 3.07. The summed E-state index contributed by atoms with van der Waals surface area (Å²) in [6.45, 7) is 0.154. The van der Waals surface area contributed by atoms with Gasteiger partial charge < -0.3 is 9.67 Å². The van der Waals surface area contributed by atoms with Crippen molar-refractivity contribution in [3.8, 4) is 0 Å². The Morgan fingerprint density at radius 3 is 2.64 bits per heavy atom. The van der Waals surface area contributed by atoms with Crippen molar-refractivity contribution in [2.24, 2.45) is 0 Å². The summed E-state index contributed by atoms with van der Waals surface area (Å²) in [4.78, 5) is 0. The van der Waals surface area contributed by atoms with Crippen molar-refractivity contribution < 1.29 is 18.3 Å². The highest BCUT2D eigenvalue weighted by Gasteiger charge is 2.25. The zero-order valence-electron chi connectivity index (χ0n) is 7.59. The summed E-state index contributed by atoms with van der Waals surface area (Å²) in [7, 11) is 0. The van der Waals surface area contributed by atoms with Crippen molar-refractivity contribution in [2.75, 3.05) is 0 Å². The molecule has 2 nitrogen and oxygen atoms in total. The van der Waals surface area contributed by atoms with Crippen LogP contribution in [0.25, 0.3) is 0 Å². The summed E-state index contributed by atoms with van der Waals surface area (Å²) < 4.78 is 37.1. The maximum atomic E-state index is 11.8. The Kier molecular flexibility index (Phi) is 3.57. The molecule has 0 amide bonds. The van der Waals surface area contributed by atoms with E-state index in [1.807, 2.05) is 0 Å². The minimum Gasteiger partial charge on any atom is -0.390 e. The normalized spacial score (nSPS) is 12.0. The molecule has 1 aromatic rings. The molecule has 14 heavy (non-hydrogen) atoms. The van der Waals surface area contributed by atoms with E-state index in [4.69, 9.17) is 5.11 Å². The molecule has 0 aliphatic rings. The molecule has 80 valence electrons. The number of aliphatic hydroxyl groups is 1. The number of alkyl halides is 3. The lowest BCUT2D eigenvalue weighted by atomic mass is 10.3. The monoisotopic (exact) mass is 207 g/mol. The average molecular weight is 207 g/mol. The number of rotatable bonds is 4. The molecule has 0 fully saturated rings. The molecule has 0 spiro atoms. The number of aromatic nitrogens is 1. The van der Waals surface area contributed by atoms with Crippen LogP contribution in [0.4, 0.5) is 13.2 Å². The summed E-state index contributed by atoms with van der Waals surface area (Å²) in [6.07, 6.45) is -3.16. The standard InChI is InChI=1S/C9H12F3NO/c10-9(11,12)4-2-6-13-5-1-3-8(13)7-14/h1,3,5,14H,2,4,6-7H2. The predicted octanol–water partition coefficient (Wildman–Crippen LogP) is 2.32. The second-order valence-electron chi connectivity index (χ2n) is 3.07. The number of hydrogen-bond acceptors (Lipinski definition) is 1. The van der Waals surface area contributed by atoms with Crippen molar-refractivity contribution in [2.45, 2.75) is 32.2 Å². The molecule has 0 bridgehead atoms. The molecule has 1 aromatic heterocycles. The largest absolute Gasteiger partial charge is 0.390 e. The maximum absolute atomic E-state index is 11.8. The van der Waals surface area contributed by atoms with Crippen LogP contribution in [0.5, 0.6) is 0 Å². The fourth-order valence-electron chi connectivity index (χ4n) is 1.26. The first-order chi connectivity index (χ1) is 6.53. The van der Waals surface area contributed by atoms with E-state index in [0.717, 1.165) is 0 Å². The Bertz CT molecular complexity index is 280. The van der Waals surface area contributed by atoms with Gasteiger partial charge >= 0.3 is 6.18 Å². The number of halogens is 3. The Morgan fingerprint density at radius 2 is 2.07 bits per heavy atom. The van der Waals surface area contributed by atoms with E-state index in [1.165, 1.54) is 0 Å². The smallest absolute Gasteiger partial charge is 0.389 e. The number of aliphatic hydroxyl groups excluding tert-OH is 1. The first kappa shape index (κ1) is 11.1. The van der Waals surface area contributed by atoms with Gasteiger partial charge in [0.25, 0.3) is 0 Å². The van der Waals surface area contributed by atoms with Crippen LogP contribution in [-0.2, 0) is 13.2 Å². The molecule has 1 heterocycles. The molecule has 0 unspecified atom stereocenters. The molecule has 5 heteroatoms. The van der Waals surface area contributed by atoms with E-state index >= 15 is 0 Å². The molecular weight excluding hydrogens is 195 g/mol. The maximum Gasteiger partial charge on any atom is 0.389 e. The first-order valence-corrected chi connectivity index (χ1v) is 4.34. The summed E-state index contributed by atoms with van der Waals surface area (Å²) in [6, 6.07) is 3.40. The molecule has 0 aliphatic heterocycles. The molecule has 0 radical (unpaired) electrons. The van der Waals surface area contributed by atoms with Crippen LogP contribution in [0.15, 0.2) is 18.3 Å². The van der Waals surface area contributed by atoms with Gasteiger partial charge in [0.05, 0.1) is 6.61 Å². The third-order valence-corrected chi connectivity index (χ3v) is 1.94. The lowest BCUT2D eigenvalue weighted by molar-refractivity contribution is -0.135. The molecule has 0 saturated heterocycles. The lowest BCUT2D eigenvalue weighted by Crippen LogP contribution is -2.10. The molecule has 0 aliphatic carbocycles. The van der Waals surface area contributed by atoms with Crippen molar-refractivity contribution in [1.82, 2.24) is 4.57 Å². The zero-order chi connectivity index (χ0) is 10.6. The van der Waals surface area contributed by atoms with Gasteiger partial charge in [-0.2, -0.15) is 13.2 Å². The van der Waals surface area contributed by atoms with Crippen molar-refractivity contribution in [3.63, 3.8) is 0 Å². The highest BCUT2D eigenvalue weighted by Crippen LogP contribution is 2.21. The van der Waals surface area contributed by atoms with E-state index in [-0.39, 0.29) is 13.0 Å². The van der Waals surface area contributed by atoms with Crippen LogP contribution >= 0.6 is 0 Å². The topological polar surface area (TPSA) is 25.2 Å². The lowest BCUT2D eigenvalue weighted by Gasteiger charge is -2.08. The van der Waals surface area contributed by atoms with Gasteiger partial charge in [0.15, 0.2) is 0 Å². The van der Waals surface area contributed by atoms with Crippen LogP contribution in [0.2, 0.25) is 0 Å². The molecule has 1 N–H and O–H groups in total. The third-order valence-electron chi connectivity index (χ3n) is 1.94. The fraction of sp³-hybridized carbons (Fsp3) is 0.556. The summed E-state index contributed by atoms with van der Waals surface area (Å²) in [5, 5.41) is 8.82. The molecule has 0 saturated carbocycles. The summed E-state index contributed by atoms with van der Waals surface area (Å²) in [5.41, 5.74) is 0.646. The van der Waals surface area contributed by atoms with Crippen molar-refractivity contribution >= 4 is 0 Å². The zero-order valence-corrected chi connectivity index (χ0v) is 7.59. The SMILES string of the molecule is OCc1cccn1CCCC(F)(F)F. The van der Waals surface area contributed by atoms with E-state index in [2.05, 4.69) is 0 Å². The van der Waals surface area contributed by atoms with Gasteiger partial charge in [-0.3, -0.25) is 0 Å². The third kappa shape index (κ3) is 3.41. The van der Waals surface area contributed by atoms with E-state index in [0.29, 0.717) is 12.2 Å². The Labute approximate surface area is 80.0 Å². The van der Waals surface area contributed by atoms with Gasteiger partial charge in [0.2, 0.25) is 0 Å². The second kappa shape index (κ2) is 4.50. The van der Waals surface area contributed by atoms with Gasteiger partial charge in [0, 0.05) is 24.9 Å². The van der Waals surface area contributed by atoms with E-state index in [9.17, 15) is 13.2 Å². The van der Waals surface area contributed by atoms with Crippen LogP contribution in [0, 0.1) is 0 Å². The molecule has 0 atom stereocenters. The number of aryl methyl sites for hydroxylation is 1. The van der Waals surface area contributed by atoms with E-state index in [1.54, 1.807) is 22.9 Å². The Morgan fingerprint density at radius 1 is 1.36 bits per heavy atom. The minimum absolute atomic E-state index is 0.0468. The highest BCUT2D eigenvalue weighted by molar-refractivity contribution is 5.05. The van der Waals surface area contributed by atoms with Gasteiger partial charge in [-0.1, -0.05) is 0 Å². The van der Waals surface area contributed by atoms with Crippen LogP contribution in [-0.4, -0.2) is 15.8 Å². The van der Waals surface area contributed by atoms with Gasteiger partial charge in [-0.05, 0) is 18.6 Å². The molecular formula is C9H12F3NO. The Hall–Kier alpha value is -0.970. The Balaban J connectivity index is 2.38. The fourth-order valence-corrected chi connectivity index (χ4v) is 1.26. The van der Waals surface area contributed by atoms with Gasteiger partial charge in [-0.15, -0.1) is 0 Å². The van der Waals surface area contributed by atoms with Gasteiger partial charge in [-0.25, -0.2) is 0 Å². The van der Waals surface area contributed by atoms with E-state index < -0.39 is 12.6 Å². The van der Waals surface area contributed by atoms with Crippen molar-refractivity contribution in [3.05, 3.63) is 24.0 Å². The minimum atomic E-state index is -4.09. The van der Waals surface area contributed by atoms with Crippen LogP contribution in [0.1, 0.15) is 18.5 Å².